The monoisotopic (exact) mass is 467 g/mol. The van der Waals surface area contributed by atoms with E-state index in [1.54, 1.807) is 24.4 Å². The number of ether oxygens (including phenoxy) is 1. The van der Waals surface area contributed by atoms with E-state index in [1.807, 2.05) is 82.4 Å². The predicted molar refractivity (Wildman–Crippen MR) is 154 cm³/mol. The molecule has 1 rings (SSSR count). The molecular weight excluding hydrogens is 430 g/mol. The minimum atomic E-state index is -0.149. The van der Waals surface area contributed by atoms with Crippen molar-refractivity contribution in [3.05, 3.63) is 121 Å². The van der Waals surface area contributed by atoms with Gasteiger partial charge in [0.2, 0.25) is 0 Å². The average molecular weight is 468 g/mol. The second-order valence-corrected chi connectivity index (χ2v) is 7.66. The van der Waals surface area contributed by atoms with Crippen LogP contribution in [0.1, 0.15) is 39.0 Å². The van der Waals surface area contributed by atoms with Crippen molar-refractivity contribution < 1.29 is 4.74 Å². The summed E-state index contributed by atoms with van der Waals surface area (Å²) in [4.78, 5) is 8.00. The highest BCUT2D eigenvalue weighted by molar-refractivity contribution is 5.90. The lowest BCUT2D eigenvalue weighted by Gasteiger charge is -2.08. The average Bonchev–Trinajstić information content (AvgIpc) is 3.25. The number of rotatable bonds is 14. The third-order valence-electron chi connectivity index (χ3n) is 4.62. The second kappa shape index (κ2) is 16.4. The van der Waals surface area contributed by atoms with E-state index in [9.17, 15) is 0 Å². The van der Waals surface area contributed by atoms with Crippen LogP contribution >= 0.6 is 0 Å². The summed E-state index contributed by atoms with van der Waals surface area (Å²) in [5.74, 6) is 4.26. The van der Waals surface area contributed by atoms with Crippen LogP contribution < -0.4 is 5.32 Å². The number of allylic oxidation sites excluding steroid dienone is 13. The van der Waals surface area contributed by atoms with Crippen LogP contribution in [0.3, 0.4) is 0 Å². The summed E-state index contributed by atoms with van der Waals surface area (Å²) in [6.07, 6.45) is 28.0. The maximum absolute atomic E-state index is 5.79. The van der Waals surface area contributed by atoms with Crippen molar-refractivity contribution in [3.8, 4) is 12.3 Å². The van der Waals surface area contributed by atoms with Gasteiger partial charge in [-0.1, -0.05) is 74.3 Å². The Morgan fingerprint density at radius 1 is 1.17 bits per heavy atom. The van der Waals surface area contributed by atoms with Crippen LogP contribution in [-0.4, -0.2) is 23.8 Å². The highest BCUT2D eigenvalue weighted by Crippen LogP contribution is 2.23. The van der Waals surface area contributed by atoms with E-state index in [-0.39, 0.29) is 6.04 Å². The van der Waals surface area contributed by atoms with E-state index in [0.717, 1.165) is 34.0 Å². The van der Waals surface area contributed by atoms with Crippen molar-refractivity contribution in [1.29, 1.82) is 0 Å². The van der Waals surface area contributed by atoms with Gasteiger partial charge in [0.05, 0.1) is 17.5 Å². The number of hydrogen-bond acceptors (Lipinski definition) is 3. The van der Waals surface area contributed by atoms with E-state index >= 15 is 0 Å². The molecule has 1 unspecified atom stereocenters. The fourth-order valence-corrected chi connectivity index (χ4v) is 2.78. The number of H-pyrrole nitrogens is 1. The Morgan fingerprint density at radius 3 is 2.57 bits per heavy atom. The number of aliphatic imine (C=N–C) groups is 1. The summed E-state index contributed by atoms with van der Waals surface area (Å²) >= 11 is 0. The minimum Gasteiger partial charge on any atom is -0.494 e. The summed E-state index contributed by atoms with van der Waals surface area (Å²) in [6.45, 7) is 19.7. The van der Waals surface area contributed by atoms with Crippen molar-refractivity contribution in [1.82, 2.24) is 4.98 Å². The third-order valence-corrected chi connectivity index (χ3v) is 4.62. The van der Waals surface area contributed by atoms with E-state index < -0.39 is 0 Å². The molecule has 0 radical (unpaired) electrons. The van der Waals surface area contributed by atoms with Crippen LogP contribution in [-0.2, 0) is 4.74 Å². The summed E-state index contributed by atoms with van der Waals surface area (Å²) in [5.41, 5.74) is 4.60. The molecule has 0 aliphatic rings. The van der Waals surface area contributed by atoms with Crippen LogP contribution in [0, 0.1) is 12.3 Å². The highest BCUT2D eigenvalue weighted by atomic mass is 16.5. The van der Waals surface area contributed by atoms with Crippen molar-refractivity contribution in [2.75, 3.05) is 11.9 Å². The van der Waals surface area contributed by atoms with Crippen molar-refractivity contribution >= 4 is 17.6 Å². The lowest BCUT2D eigenvalue weighted by atomic mass is 10.1. The van der Waals surface area contributed by atoms with Gasteiger partial charge in [-0.2, -0.15) is 0 Å². The standard InChI is InChI=1S/C31H37N3O/c1-9-14-15-18-24(6)23-35-26(8)19-20-29(13-5)32-22-28-21-30(27(16-10-2)17-11-3)34-31(28)33-25(7)12-4/h4,9-11,13-22,25,33-34H,1-2,5,23H2,3,6-8H3/b15-14-,17-11-,24-18+,26-19+,27-16+,29-20+,32-22?. The lowest BCUT2D eigenvalue weighted by molar-refractivity contribution is 0.242. The number of nitrogens with one attached hydrogen (secondary N) is 2. The lowest BCUT2D eigenvalue weighted by Crippen LogP contribution is -2.13. The molecule has 1 heterocycles. The van der Waals surface area contributed by atoms with Crippen LogP contribution in [0.4, 0.5) is 5.82 Å². The Hall–Kier alpha value is -4.23. The van der Waals surface area contributed by atoms with Gasteiger partial charge in [0.15, 0.2) is 0 Å². The number of aromatic nitrogens is 1. The number of nitrogens with zero attached hydrogens (tertiary/aromatic N) is 1. The summed E-state index contributed by atoms with van der Waals surface area (Å²) in [5, 5.41) is 3.30. The van der Waals surface area contributed by atoms with Crippen molar-refractivity contribution in [2.45, 2.75) is 33.7 Å². The third kappa shape index (κ3) is 11.0. The number of terminal acetylenes is 1. The summed E-state index contributed by atoms with van der Waals surface area (Å²) < 4.78 is 5.79. The SMILES string of the molecule is C#CC(C)Nc1[nH]c(C(/C=C\C)=C/C=C)cc1C=N/C(C=C)=C/C=C(\C)OC/C(C)=C/C=C\C=C. The first-order valence-corrected chi connectivity index (χ1v) is 11.4. The largest absolute Gasteiger partial charge is 0.494 e. The molecule has 35 heavy (non-hydrogen) atoms. The topological polar surface area (TPSA) is 49.4 Å². The van der Waals surface area contributed by atoms with E-state index in [0.29, 0.717) is 12.3 Å². The maximum Gasteiger partial charge on any atom is 0.113 e. The molecule has 0 aromatic carbocycles. The molecule has 1 atom stereocenters. The fraction of sp³-hybridized carbons (Fsp3) is 0.194. The van der Waals surface area contributed by atoms with Gasteiger partial charge in [0.1, 0.15) is 12.4 Å². The van der Waals surface area contributed by atoms with Crippen LogP contribution in [0.5, 0.6) is 0 Å². The first-order valence-electron chi connectivity index (χ1n) is 11.4. The van der Waals surface area contributed by atoms with Gasteiger partial charge in [0, 0.05) is 17.5 Å². The van der Waals surface area contributed by atoms with Gasteiger partial charge in [-0.25, -0.2) is 0 Å². The molecule has 0 aliphatic heterocycles. The molecule has 0 saturated carbocycles. The Balaban J connectivity index is 3.14. The smallest absolute Gasteiger partial charge is 0.113 e. The molecule has 0 amide bonds. The minimum absolute atomic E-state index is 0.149. The molecule has 0 bridgehead atoms. The number of anilines is 1. The zero-order chi connectivity index (χ0) is 26.1. The fourth-order valence-electron chi connectivity index (χ4n) is 2.78. The Bertz CT molecular complexity index is 1120. The van der Waals surface area contributed by atoms with Gasteiger partial charge in [0.25, 0.3) is 0 Å². The first-order chi connectivity index (χ1) is 16.9. The molecule has 0 fully saturated rings. The van der Waals surface area contributed by atoms with Gasteiger partial charge in [-0.3, -0.25) is 4.99 Å². The molecule has 1 aromatic rings. The molecular formula is C31H37N3O. The van der Waals surface area contributed by atoms with Crippen LogP contribution in [0.15, 0.2) is 115 Å². The van der Waals surface area contributed by atoms with Gasteiger partial charge in [-0.15, -0.1) is 6.42 Å². The van der Waals surface area contributed by atoms with E-state index in [1.165, 1.54) is 0 Å². The van der Waals surface area contributed by atoms with Crippen LogP contribution in [0.25, 0.3) is 5.57 Å². The first kappa shape index (κ1) is 28.8. The number of hydrogen-bond donors (Lipinski definition) is 2. The molecule has 4 nitrogen and oxygen atoms in total. The Kier molecular flexibility index (Phi) is 13.5. The molecule has 1 aromatic heterocycles. The molecule has 0 spiro atoms. The second-order valence-electron chi connectivity index (χ2n) is 7.66. The molecule has 182 valence electrons. The molecule has 2 N–H and O–H groups in total. The normalized spacial score (nSPS) is 14.4. The molecule has 0 saturated heterocycles. The van der Waals surface area contributed by atoms with Crippen molar-refractivity contribution in [2.24, 2.45) is 4.99 Å². The predicted octanol–water partition coefficient (Wildman–Crippen LogP) is 7.69. The summed E-state index contributed by atoms with van der Waals surface area (Å²) in [6, 6.07) is 1.87. The Morgan fingerprint density at radius 2 is 1.94 bits per heavy atom. The zero-order valence-corrected chi connectivity index (χ0v) is 21.3. The van der Waals surface area contributed by atoms with E-state index in [2.05, 4.69) is 41.0 Å². The molecule has 0 aliphatic carbocycles. The van der Waals surface area contributed by atoms with Crippen LogP contribution in [0.2, 0.25) is 0 Å². The molecule has 4 heteroatoms. The maximum atomic E-state index is 5.79. The summed E-state index contributed by atoms with van der Waals surface area (Å²) in [7, 11) is 0. The number of aromatic amines is 1. The zero-order valence-electron chi connectivity index (χ0n) is 21.3. The van der Waals surface area contributed by atoms with Gasteiger partial charge >= 0.3 is 0 Å². The van der Waals surface area contributed by atoms with Gasteiger partial charge in [-0.05, 0) is 63.1 Å². The van der Waals surface area contributed by atoms with Gasteiger partial charge < -0.3 is 15.0 Å². The quantitative estimate of drug-likeness (QED) is 0.127. The van der Waals surface area contributed by atoms with Crippen molar-refractivity contribution in [3.63, 3.8) is 0 Å². The van der Waals surface area contributed by atoms with E-state index in [4.69, 9.17) is 11.2 Å². The highest BCUT2D eigenvalue weighted by Gasteiger charge is 2.10. The Labute approximate surface area is 211 Å².